The van der Waals surface area contributed by atoms with Crippen LogP contribution in [0.5, 0.6) is 0 Å². The van der Waals surface area contributed by atoms with Crippen LogP contribution in [0.25, 0.3) is 0 Å². The molecule has 4 nitrogen and oxygen atoms in total. The fourth-order valence-electron chi connectivity index (χ4n) is 2.06. The summed E-state index contributed by atoms with van der Waals surface area (Å²) in [5, 5.41) is 0. The third kappa shape index (κ3) is 2.22. The number of anilines is 1. The number of nitrogens with zero attached hydrogens (tertiary/aromatic N) is 1. The number of rotatable bonds is 2. The van der Waals surface area contributed by atoms with Crippen molar-refractivity contribution in [1.29, 1.82) is 0 Å². The summed E-state index contributed by atoms with van der Waals surface area (Å²) in [7, 11) is 1.53. The number of methoxy groups -OCH3 is 1. The molecule has 7 heteroatoms. The lowest BCUT2D eigenvalue weighted by molar-refractivity contribution is -0.139. The van der Waals surface area contributed by atoms with Crippen LogP contribution in [0.4, 0.5) is 18.9 Å². The predicted molar refractivity (Wildman–Crippen MR) is 59.2 cm³/mol. The molecule has 0 radical (unpaired) electrons. The standard InChI is InChI=1S/C11H13F3N2O2/c1-18-8-3-7(4-8)16-5-6(15)2-9(10(16)17)11(12,13)14/h2,5,7-8H,3-4,15H2,1H3. The van der Waals surface area contributed by atoms with E-state index in [4.69, 9.17) is 10.5 Å². The molecule has 1 aromatic heterocycles. The molecule has 1 fully saturated rings. The normalized spacial score (nSPS) is 23.8. The number of ether oxygens (including phenoxy) is 1. The molecule has 0 spiro atoms. The molecule has 0 atom stereocenters. The Hall–Kier alpha value is -1.50. The average molecular weight is 262 g/mol. The highest BCUT2D eigenvalue weighted by atomic mass is 19.4. The van der Waals surface area contributed by atoms with Crippen molar-refractivity contribution >= 4 is 5.69 Å². The summed E-state index contributed by atoms with van der Waals surface area (Å²) in [5.41, 5.74) is 3.09. The second-order valence-electron chi connectivity index (χ2n) is 4.38. The monoisotopic (exact) mass is 262 g/mol. The van der Waals surface area contributed by atoms with E-state index >= 15 is 0 Å². The van der Waals surface area contributed by atoms with Crippen molar-refractivity contribution in [3.05, 3.63) is 28.2 Å². The number of aromatic nitrogens is 1. The summed E-state index contributed by atoms with van der Waals surface area (Å²) in [6, 6.07) is 0.401. The molecule has 0 amide bonds. The Morgan fingerprint density at radius 1 is 1.44 bits per heavy atom. The van der Waals surface area contributed by atoms with Gasteiger partial charge in [0.15, 0.2) is 0 Å². The molecule has 1 aromatic rings. The molecular formula is C11H13F3N2O2. The van der Waals surface area contributed by atoms with Crippen LogP contribution in [0.2, 0.25) is 0 Å². The first-order valence-electron chi connectivity index (χ1n) is 5.44. The van der Waals surface area contributed by atoms with Crippen molar-refractivity contribution in [2.45, 2.75) is 31.2 Å². The summed E-state index contributed by atoms with van der Waals surface area (Å²) >= 11 is 0. The van der Waals surface area contributed by atoms with Gasteiger partial charge < -0.3 is 15.0 Å². The quantitative estimate of drug-likeness (QED) is 0.884. The first kappa shape index (κ1) is 12.9. The maximum atomic E-state index is 12.6. The number of alkyl halides is 3. The van der Waals surface area contributed by atoms with Crippen LogP contribution in [-0.4, -0.2) is 17.8 Å². The van der Waals surface area contributed by atoms with Crippen LogP contribution in [0, 0.1) is 0 Å². The van der Waals surface area contributed by atoms with Gasteiger partial charge in [0.2, 0.25) is 0 Å². The zero-order valence-corrected chi connectivity index (χ0v) is 9.70. The van der Waals surface area contributed by atoms with Crippen molar-refractivity contribution in [2.75, 3.05) is 12.8 Å². The van der Waals surface area contributed by atoms with Gasteiger partial charge in [-0.3, -0.25) is 4.79 Å². The van der Waals surface area contributed by atoms with Crippen molar-refractivity contribution in [3.63, 3.8) is 0 Å². The van der Waals surface area contributed by atoms with Crippen LogP contribution in [0.1, 0.15) is 24.4 Å². The lowest BCUT2D eigenvalue weighted by Gasteiger charge is -2.35. The minimum atomic E-state index is -4.68. The Balaban J connectivity index is 2.38. The Kier molecular flexibility index (Phi) is 3.10. The largest absolute Gasteiger partial charge is 0.421 e. The van der Waals surface area contributed by atoms with Gasteiger partial charge in [0.25, 0.3) is 5.56 Å². The molecule has 2 rings (SSSR count). The molecule has 1 aliphatic carbocycles. The molecular weight excluding hydrogens is 249 g/mol. The number of halogens is 3. The first-order chi connectivity index (χ1) is 8.32. The van der Waals surface area contributed by atoms with Gasteiger partial charge in [-0.05, 0) is 18.9 Å². The molecule has 18 heavy (non-hydrogen) atoms. The minimum absolute atomic E-state index is 0.00216. The van der Waals surface area contributed by atoms with Crippen LogP contribution >= 0.6 is 0 Å². The molecule has 0 bridgehead atoms. The smallest absolute Gasteiger partial charge is 0.398 e. The number of nitrogens with two attached hydrogens (primary N) is 1. The van der Waals surface area contributed by atoms with E-state index < -0.39 is 17.3 Å². The molecule has 0 saturated heterocycles. The van der Waals surface area contributed by atoms with E-state index in [-0.39, 0.29) is 17.8 Å². The third-order valence-corrected chi connectivity index (χ3v) is 3.17. The van der Waals surface area contributed by atoms with Gasteiger partial charge in [0, 0.05) is 25.0 Å². The Morgan fingerprint density at radius 3 is 2.56 bits per heavy atom. The van der Waals surface area contributed by atoms with Crippen molar-refractivity contribution in [3.8, 4) is 0 Å². The van der Waals surface area contributed by atoms with Crippen LogP contribution in [-0.2, 0) is 10.9 Å². The van der Waals surface area contributed by atoms with E-state index in [2.05, 4.69) is 0 Å². The van der Waals surface area contributed by atoms with Gasteiger partial charge in [-0.15, -0.1) is 0 Å². The summed E-state index contributed by atoms with van der Waals surface area (Å²) < 4.78 is 44.0. The second-order valence-corrected chi connectivity index (χ2v) is 4.38. The fraction of sp³-hybridized carbons (Fsp3) is 0.545. The summed E-state index contributed by atoms with van der Waals surface area (Å²) in [6.07, 6.45) is -2.38. The first-order valence-corrected chi connectivity index (χ1v) is 5.44. The maximum Gasteiger partial charge on any atom is 0.421 e. The lowest BCUT2D eigenvalue weighted by atomic mass is 9.89. The van der Waals surface area contributed by atoms with E-state index in [0.29, 0.717) is 18.9 Å². The lowest BCUT2D eigenvalue weighted by Crippen LogP contribution is -2.39. The van der Waals surface area contributed by atoms with Crippen molar-refractivity contribution < 1.29 is 17.9 Å². The zero-order valence-electron chi connectivity index (χ0n) is 9.70. The van der Waals surface area contributed by atoms with Gasteiger partial charge in [-0.1, -0.05) is 0 Å². The number of pyridine rings is 1. The SMILES string of the molecule is COC1CC(n2cc(N)cc(C(F)(F)F)c2=O)C1. The van der Waals surface area contributed by atoms with E-state index in [0.717, 1.165) is 4.57 Å². The Labute approximate surface area is 101 Å². The summed E-state index contributed by atoms with van der Waals surface area (Å²) in [4.78, 5) is 11.7. The average Bonchev–Trinajstić information content (AvgIpc) is 2.19. The number of hydrogen-bond donors (Lipinski definition) is 1. The van der Waals surface area contributed by atoms with Gasteiger partial charge in [-0.2, -0.15) is 13.2 Å². The Bertz CT molecular complexity index is 504. The highest BCUT2D eigenvalue weighted by Crippen LogP contribution is 2.35. The molecule has 1 saturated carbocycles. The molecule has 0 unspecified atom stereocenters. The van der Waals surface area contributed by atoms with Crippen LogP contribution in [0.15, 0.2) is 17.1 Å². The zero-order chi connectivity index (χ0) is 13.5. The third-order valence-electron chi connectivity index (χ3n) is 3.17. The van der Waals surface area contributed by atoms with E-state index in [1.165, 1.54) is 13.3 Å². The van der Waals surface area contributed by atoms with Gasteiger partial charge >= 0.3 is 6.18 Å². The highest BCUT2D eigenvalue weighted by molar-refractivity contribution is 5.39. The minimum Gasteiger partial charge on any atom is -0.398 e. The van der Waals surface area contributed by atoms with Gasteiger partial charge in [0.1, 0.15) is 5.56 Å². The van der Waals surface area contributed by atoms with Crippen molar-refractivity contribution in [2.24, 2.45) is 0 Å². The Morgan fingerprint density at radius 2 is 2.06 bits per heavy atom. The van der Waals surface area contributed by atoms with Crippen molar-refractivity contribution in [1.82, 2.24) is 4.57 Å². The summed E-state index contributed by atoms with van der Waals surface area (Å²) in [5.74, 6) is 0. The molecule has 100 valence electrons. The molecule has 1 heterocycles. The molecule has 1 aliphatic rings. The highest BCUT2D eigenvalue weighted by Gasteiger charge is 2.37. The second kappa shape index (κ2) is 4.31. The van der Waals surface area contributed by atoms with Gasteiger partial charge in [-0.25, -0.2) is 0 Å². The molecule has 0 aliphatic heterocycles. The fourth-order valence-corrected chi connectivity index (χ4v) is 2.06. The van der Waals surface area contributed by atoms with Gasteiger partial charge in [0.05, 0.1) is 6.10 Å². The predicted octanol–water partition coefficient (Wildman–Crippen LogP) is 1.80. The number of nitrogen functional groups attached to an aromatic ring is 1. The van der Waals surface area contributed by atoms with E-state index in [1.54, 1.807) is 0 Å². The van der Waals surface area contributed by atoms with E-state index in [1.807, 2.05) is 0 Å². The summed E-state index contributed by atoms with van der Waals surface area (Å²) in [6.45, 7) is 0. The number of hydrogen-bond acceptors (Lipinski definition) is 3. The molecule has 0 aromatic carbocycles. The maximum absolute atomic E-state index is 12.6. The molecule has 2 N–H and O–H groups in total. The topological polar surface area (TPSA) is 57.2 Å². The van der Waals surface area contributed by atoms with Crippen LogP contribution < -0.4 is 11.3 Å². The van der Waals surface area contributed by atoms with E-state index in [9.17, 15) is 18.0 Å². The van der Waals surface area contributed by atoms with Crippen LogP contribution in [0.3, 0.4) is 0 Å².